The van der Waals surface area contributed by atoms with E-state index in [0.717, 1.165) is 51.2 Å². The zero-order chi connectivity index (χ0) is 18.1. The lowest BCUT2D eigenvalue weighted by Crippen LogP contribution is -2.38. The quantitative estimate of drug-likeness (QED) is 0.827. The number of amides is 1. The summed E-state index contributed by atoms with van der Waals surface area (Å²) in [6.45, 7) is 7.09. The SMILES string of the molecule is C[C@H]1Cc2cccc3c(=O)c(C(=O)NCCCN4CCOCC4)cn1c23. The van der Waals surface area contributed by atoms with Crippen LogP contribution in [0.1, 0.15) is 35.3 Å². The summed E-state index contributed by atoms with van der Waals surface area (Å²) in [7, 11) is 0. The second-order valence-electron chi connectivity index (χ2n) is 7.21. The van der Waals surface area contributed by atoms with E-state index in [1.807, 2.05) is 12.1 Å². The number of benzene rings is 1. The highest BCUT2D eigenvalue weighted by Gasteiger charge is 2.24. The maximum absolute atomic E-state index is 12.8. The van der Waals surface area contributed by atoms with Crippen LogP contribution < -0.4 is 10.7 Å². The summed E-state index contributed by atoms with van der Waals surface area (Å²) >= 11 is 0. The molecule has 1 amide bonds. The van der Waals surface area contributed by atoms with E-state index in [2.05, 4.69) is 27.8 Å². The highest BCUT2D eigenvalue weighted by Crippen LogP contribution is 2.30. The van der Waals surface area contributed by atoms with Crippen molar-refractivity contribution in [3.63, 3.8) is 0 Å². The number of hydrogen-bond acceptors (Lipinski definition) is 4. The van der Waals surface area contributed by atoms with Gasteiger partial charge in [-0.1, -0.05) is 12.1 Å². The average Bonchev–Trinajstić information content (AvgIpc) is 2.98. The summed E-state index contributed by atoms with van der Waals surface area (Å²) in [5, 5.41) is 3.56. The van der Waals surface area contributed by atoms with Gasteiger partial charge in [-0.15, -0.1) is 0 Å². The van der Waals surface area contributed by atoms with Crippen molar-refractivity contribution in [2.75, 3.05) is 39.4 Å². The highest BCUT2D eigenvalue weighted by molar-refractivity contribution is 5.98. The molecule has 2 aliphatic heterocycles. The van der Waals surface area contributed by atoms with Crippen molar-refractivity contribution in [1.29, 1.82) is 0 Å². The Morgan fingerprint density at radius 3 is 2.92 bits per heavy atom. The van der Waals surface area contributed by atoms with Gasteiger partial charge in [0.2, 0.25) is 5.43 Å². The van der Waals surface area contributed by atoms with Crippen LogP contribution in [-0.4, -0.2) is 54.8 Å². The molecule has 138 valence electrons. The van der Waals surface area contributed by atoms with E-state index in [9.17, 15) is 9.59 Å². The van der Waals surface area contributed by atoms with E-state index in [-0.39, 0.29) is 22.9 Å². The van der Waals surface area contributed by atoms with Crippen molar-refractivity contribution in [2.24, 2.45) is 0 Å². The molecule has 1 N–H and O–H groups in total. The van der Waals surface area contributed by atoms with Crippen LogP contribution in [0.4, 0.5) is 0 Å². The Morgan fingerprint density at radius 1 is 1.31 bits per heavy atom. The fourth-order valence-corrected chi connectivity index (χ4v) is 4.00. The fraction of sp³-hybridized carbons (Fsp3) is 0.500. The first-order chi connectivity index (χ1) is 12.6. The van der Waals surface area contributed by atoms with Crippen molar-refractivity contribution < 1.29 is 9.53 Å². The number of nitrogens with one attached hydrogen (secondary N) is 1. The lowest BCUT2D eigenvalue weighted by atomic mass is 10.1. The lowest BCUT2D eigenvalue weighted by molar-refractivity contribution is 0.0374. The van der Waals surface area contributed by atoms with Gasteiger partial charge in [0.15, 0.2) is 0 Å². The maximum Gasteiger partial charge on any atom is 0.256 e. The number of aromatic nitrogens is 1. The minimum atomic E-state index is -0.271. The summed E-state index contributed by atoms with van der Waals surface area (Å²) in [6, 6.07) is 6.06. The van der Waals surface area contributed by atoms with Gasteiger partial charge in [0, 0.05) is 37.3 Å². The molecule has 4 rings (SSSR count). The third kappa shape index (κ3) is 3.15. The summed E-state index contributed by atoms with van der Waals surface area (Å²) in [4.78, 5) is 27.7. The molecule has 3 heterocycles. The largest absolute Gasteiger partial charge is 0.379 e. The molecule has 26 heavy (non-hydrogen) atoms. The van der Waals surface area contributed by atoms with Crippen LogP contribution >= 0.6 is 0 Å². The van der Waals surface area contributed by atoms with E-state index >= 15 is 0 Å². The number of morpholine rings is 1. The molecule has 6 heteroatoms. The van der Waals surface area contributed by atoms with Gasteiger partial charge in [-0.2, -0.15) is 0 Å². The Hall–Kier alpha value is -2.18. The lowest BCUT2D eigenvalue weighted by Gasteiger charge is -2.26. The molecular weight excluding hydrogens is 330 g/mol. The third-order valence-electron chi connectivity index (χ3n) is 5.41. The monoisotopic (exact) mass is 355 g/mol. The van der Waals surface area contributed by atoms with E-state index in [4.69, 9.17) is 4.74 Å². The smallest absolute Gasteiger partial charge is 0.256 e. The van der Waals surface area contributed by atoms with Crippen LogP contribution in [-0.2, 0) is 11.2 Å². The molecule has 0 saturated carbocycles. The van der Waals surface area contributed by atoms with Gasteiger partial charge in [-0.05, 0) is 37.9 Å². The first-order valence-corrected chi connectivity index (χ1v) is 9.40. The molecule has 0 unspecified atom stereocenters. The van der Waals surface area contributed by atoms with Crippen LogP contribution in [0.3, 0.4) is 0 Å². The number of nitrogens with zero attached hydrogens (tertiary/aromatic N) is 2. The summed E-state index contributed by atoms with van der Waals surface area (Å²) in [6.07, 6.45) is 3.51. The maximum atomic E-state index is 12.8. The fourth-order valence-electron chi connectivity index (χ4n) is 4.00. The standard InChI is InChI=1S/C20H25N3O3/c1-14-12-15-4-2-5-16-18(15)23(14)13-17(19(16)24)20(25)21-6-3-7-22-8-10-26-11-9-22/h2,4-5,13-14H,3,6-12H2,1H3,(H,21,25)/t14-/m0/s1. The number of pyridine rings is 1. The average molecular weight is 355 g/mol. The number of rotatable bonds is 5. The molecule has 0 aliphatic carbocycles. The van der Waals surface area contributed by atoms with Crippen LogP contribution in [0.25, 0.3) is 10.9 Å². The van der Waals surface area contributed by atoms with Crippen molar-refractivity contribution in [2.45, 2.75) is 25.8 Å². The second kappa shape index (κ2) is 7.21. The van der Waals surface area contributed by atoms with Crippen molar-refractivity contribution >= 4 is 16.8 Å². The van der Waals surface area contributed by atoms with Gasteiger partial charge >= 0.3 is 0 Å². The summed E-state index contributed by atoms with van der Waals surface area (Å²) in [5.41, 5.74) is 2.24. The number of hydrogen-bond donors (Lipinski definition) is 1. The highest BCUT2D eigenvalue weighted by atomic mass is 16.5. The minimum Gasteiger partial charge on any atom is -0.379 e. The predicted molar refractivity (Wildman–Crippen MR) is 101 cm³/mol. The Labute approximate surface area is 152 Å². The molecule has 1 fully saturated rings. The van der Waals surface area contributed by atoms with Gasteiger partial charge in [-0.25, -0.2) is 0 Å². The van der Waals surface area contributed by atoms with Gasteiger partial charge < -0.3 is 14.6 Å². The molecule has 0 radical (unpaired) electrons. The first kappa shape index (κ1) is 17.2. The zero-order valence-electron chi connectivity index (χ0n) is 15.2. The third-order valence-corrected chi connectivity index (χ3v) is 5.41. The van der Waals surface area contributed by atoms with Gasteiger partial charge in [-0.3, -0.25) is 14.5 Å². The summed E-state index contributed by atoms with van der Waals surface area (Å²) < 4.78 is 7.41. The Morgan fingerprint density at radius 2 is 2.12 bits per heavy atom. The predicted octanol–water partition coefficient (Wildman–Crippen LogP) is 1.57. The van der Waals surface area contributed by atoms with Gasteiger partial charge in [0.25, 0.3) is 5.91 Å². The van der Waals surface area contributed by atoms with Crippen LogP contribution in [0.15, 0.2) is 29.2 Å². The van der Waals surface area contributed by atoms with E-state index in [0.29, 0.717) is 11.9 Å². The van der Waals surface area contributed by atoms with Crippen LogP contribution in [0.2, 0.25) is 0 Å². The first-order valence-electron chi connectivity index (χ1n) is 9.40. The van der Waals surface area contributed by atoms with Gasteiger partial charge in [0.05, 0.1) is 18.7 Å². The number of ether oxygens (including phenoxy) is 1. The molecule has 0 bridgehead atoms. The zero-order valence-corrected chi connectivity index (χ0v) is 15.2. The van der Waals surface area contributed by atoms with Crippen molar-refractivity contribution in [3.8, 4) is 0 Å². The number of carbonyl (C=O) groups excluding carboxylic acids is 1. The topological polar surface area (TPSA) is 63.6 Å². The molecule has 1 aromatic carbocycles. The molecule has 2 aromatic rings. The Balaban J connectivity index is 1.46. The van der Waals surface area contributed by atoms with Gasteiger partial charge in [0.1, 0.15) is 5.56 Å². The molecule has 1 atom stereocenters. The number of para-hydroxylation sites is 1. The number of carbonyl (C=O) groups is 1. The van der Waals surface area contributed by atoms with E-state index < -0.39 is 0 Å². The minimum absolute atomic E-state index is 0.169. The second-order valence-corrected chi connectivity index (χ2v) is 7.21. The molecule has 1 saturated heterocycles. The molecule has 0 spiro atoms. The van der Waals surface area contributed by atoms with Crippen molar-refractivity contribution in [3.05, 3.63) is 45.7 Å². The Bertz CT molecular complexity index is 884. The summed E-state index contributed by atoms with van der Waals surface area (Å²) in [5.74, 6) is -0.271. The molecular formula is C20H25N3O3. The van der Waals surface area contributed by atoms with Crippen molar-refractivity contribution in [1.82, 2.24) is 14.8 Å². The molecule has 1 aromatic heterocycles. The normalized spacial score (nSPS) is 19.8. The van der Waals surface area contributed by atoms with Crippen LogP contribution in [0, 0.1) is 0 Å². The Kier molecular flexibility index (Phi) is 4.78. The van der Waals surface area contributed by atoms with Crippen LogP contribution in [0.5, 0.6) is 0 Å². The van der Waals surface area contributed by atoms with E-state index in [1.54, 1.807) is 6.20 Å². The van der Waals surface area contributed by atoms with E-state index in [1.165, 1.54) is 5.56 Å². The molecule has 2 aliphatic rings. The molecule has 6 nitrogen and oxygen atoms in total.